The SMILES string of the molecule is CCOC(=O)C(N)Cc1cc(C)n(-c2ccccc2O)c1C. The molecule has 0 spiro atoms. The fourth-order valence-corrected chi connectivity index (χ4v) is 2.63. The summed E-state index contributed by atoms with van der Waals surface area (Å²) in [5.41, 5.74) is 9.52. The largest absolute Gasteiger partial charge is 0.506 e. The molecule has 0 amide bonds. The number of hydrogen-bond acceptors (Lipinski definition) is 4. The summed E-state index contributed by atoms with van der Waals surface area (Å²) in [6, 6.07) is 8.46. The molecule has 1 aromatic heterocycles. The van der Waals surface area contributed by atoms with Crippen LogP contribution in [0.3, 0.4) is 0 Å². The van der Waals surface area contributed by atoms with Gasteiger partial charge in [0.2, 0.25) is 0 Å². The summed E-state index contributed by atoms with van der Waals surface area (Å²) in [5, 5.41) is 10.0. The van der Waals surface area contributed by atoms with Crippen LogP contribution in [0.25, 0.3) is 5.69 Å². The number of hydrogen-bond donors (Lipinski definition) is 2. The number of esters is 1. The number of carbonyl (C=O) groups is 1. The van der Waals surface area contributed by atoms with E-state index in [0.29, 0.717) is 18.7 Å². The Morgan fingerprint density at radius 1 is 1.36 bits per heavy atom. The first-order valence-corrected chi connectivity index (χ1v) is 7.34. The van der Waals surface area contributed by atoms with Crippen molar-refractivity contribution in [3.8, 4) is 11.4 Å². The first-order chi connectivity index (χ1) is 10.5. The third-order valence-electron chi connectivity index (χ3n) is 3.69. The highest BCUT2D eigenvalue weighted by molar-refractivity contribution is 5.76. The molecule has 5 nitrogen and oxygen atoms in total. The molecule has 118 valence electrons. The smallest absolute Gasteiger partial charge is 0.323 e. The van der Waals surface area contributed by atoms with Crippen LogP contribution in [0.1, 0.15) is 23.9 Å². The number of benzene rings is 1. The minimum absolute atomic E-state index is 0.213. The van der Waals surface area contributed by atoms with Gasteiger partial charge in [-0.1, -0.05) is 12.1 Å². The molecule has 3 N–H and O–H groups in total. The van der Waals surface area contributed by atoms with E-state index in [4.69, 9.17) is 10.5 Å². The molecule has 1 heterocycles. The van der Waals surface area contributed by atoms with E-state index in [1.807, 2.05) is 36.6 Å². The quantitative estimate of drug-likeness (QED) is 0.830. The molecule has 0 aliphatic heterocycles. The lowest BCUT2D eigenvalue weighted by Gasteiger charge is -2.13. The third-order valence-corrected chi connectivity index (χ3v) is 3.69. The molecule has 0 aliphatic carbocycles. The molecule has 0 aliphatic rings. The molecule has 1 atom stereocenters. The highest BCUT2D eigenvalue weighted by atomic mass is 16.5. The Labute approximate surface area is 130 Å². The van der Waals surface area contributed by atoms with E-state index in [9.17, 15) is 9.90 Å². The van der Waals surface area contributed by atoms with Crippen LogP contribution in [0, 0.1) is 13.8 Å². The van der Waals surface area contributed by atoms with Crippen molar-refractivity contribution in [3.05, 3.63) is 47.3 Å². The molecule has 0 radical (unpaired) electrons. The zero-order valence-corrected chi connectivity index (χ0v) is 13.2. The van der Waals surface area contributed by atoms with Crippen LogP contribution in [0.2, 0.25) is 0 Å². The highest BCUT2D eigenvalue weighted by Crippen LogP contribution is 2.27. The molecule has 0 bridgehead atoms. The monoisotopic (exact) mass is 302 g/mol. The van der Waals surface area contributed by atoms with Gasteiger partial charge < -0.3 is 20.1 Å². The number of aromatic hydroxyl groups is 1. The lowest BCUT2D eigenvalue weighted by molar-refractivity contribution is -0.144. The predicted octanol–water partition coefficient (Wildman–Crippen LogP) is 2.23. The summed E-state index contributed by atoms with van der Waals surface area (Å²) in [7, 11) is 0. The number of ether oxygens (including phenoxy) is 1. The average Bonchev–Trinajstić information content (AvgIpc) is 2.74. The first-order valence-electron chi connectivity index (χ1n) is 7.34. The van der Waals surface area contributed by atoms with Crippen LogP contribution < -0.4 is 5.73 Å². The number of nitrogens with two attached hydrogens (primary N) is 1. The minimum atomic E-state index is -0.682. The zero-order valence-electron chi connectivity index (χ0n) is 13.2. The van der Waals surface area contributed by atoms with Gasteiger partial charge in [0.1, 0.15) is 11.8 Å². The van der Waals surface area contributed by atoms with Crippen molar-refractivity contribution < 1.29 is 14.6 Å². The molecule has 0 saturated heterocycles. The maximum Gasteiger partial charge on any atom is 0.323 e. The van der Waals surface area contributed by atoms with Gasteiger partial charge in [-0.25, -0.2) is 0 Å². The number of para-hydroxylation sites is 2. The van der Waals surface area contributed by atoms with Crippen molar-refractivity contribution in [3.63, 3.8) is 0 Å². The van der Waals surface area contributed by atoms with E-state index >= 15 is 0 Å². The minimum Gasteiger partial charge on any atom is -0.506 e. The Hall–Kier alpha value is -2.27. The molecular weight excluding hydrogens is 280 g/mol. The van der Waals surface area contributed by atoms with Crippen molar-refractivity contribution in [2.75, 3.05) is 6.61 Å². The van der Waals surface area contributed by atoms with Crippen molar-refractivity contribution >= 4 is 5.97 Å². The first kappa shape index (κ1) is 16.1. The van der Waals surface area contributed by atoms with Crippen LogP contribution in [-0.2, 0) is 16.0 Å². The summed E-state index contributed by atoms with van der Waals surface area (Å²) in [5.74, 6) is -0.180. The molecule has 0 saturated carbocycles. The fourth-order valence-electron chi connectivity index (χ4n) is 2.63. The van der Waals surface area contributed by atoms with Crippen LogP contribution in [0.4, 0.5) is 0 Å². The third kappa shape index (κ3) is 3.14. The number of nitrogens with zero attached hydrogens (tertiary/aromatic N) is 1. The molecule has 22 heavy (non-hydrogen) atoms. The molecule has 0 fully saturated rings. The van der Waals surface area contributed by atoms with Gasteiger partial charge >= 0.3 is 5.97 Å². The topological polar surface area (TPSA) is 77.5 Å². The van der Waals surface area contributed by atoms with Gasteiger partial charge in [-0.2, -0.15) is 0 Å². The molecule has 5 heteroatoms. The second-order valence-electron chi connectivity index (χ2n) is 5.28. The maximum absolute atomic E-state index is 11.7. The van der Waals surface area contributed by atoms with Crippen molar-refractivity contribution in [1.29, 1.82) is 0 Å². The molecule has 1 aromatic carbocycles. The summed E-state index contributed by atoms with van der Waals surface area (Å²) in [6.07, 6.45) is 0.409. The second kappa shape index (κ2) is 6.66. The Balaban J connectivity index is 2.32. The van der Waals surface area contributed by atoms with Crippen LogP contribution in [-0.4, -0.2) is 28.3 Å². The Morgan fingerprint density at radius 3 is 2.68 bits per heavy atom. The van der Waals surface area contributed by atoms with Crippen LogP contribution in [0.5, 0.6) is 5.75 Å². The second-order valence-corrected chi connectivity index (χ2v) is 5.28. The van der Waals surface area contributed by atoms with E-state index < -0.39 is 12.0 Å². The van der Waals surface area contributed by atoms with Gasteiger partial charge in [0, 0.05) is 17.8 Å². The number of phenolic OH excluding ortho intramolecular Hbond substituents is 1. The maximum atomic E-state index is 11.7. The van der Waals surface area contributed by atoms with Crippen molar-refractivity contribution in [2.24, 2.45) is 5.73 Å². The number of phenols is 1. The lowest BCUT2D eigenvalue weighted by Crippen LogP contribution is -2.34. The van der Waals surface area contributed by atoms with E-state index in [2.05, 4.69) is 0 Å². The summed E-state index contributed by atoms with van der Waals surface area (Å²) in [4.78, 5) is 11.7. The van der Waals surface area contributed by atoms with Gasteiger partial charge in [0.15, 0.2) is 0 Å². The number of carbonyl (C=O) groups excluding carboxylic acids is 1. The van der Waals surface area contributed by atoms with Crippen LogP contribution in [0.15, 0.2) is 30.3 Å². The Bertz CT molecular complexity index is 677. The standard InChI is InChI=1S/C17H22N2O3/c1-4-22-17(21)14(18)10-13-9-11(2)19(12(13)3)15-7-5-6-8-16(15)20/h5-9,14,20H,4,10,18H2,1-3H3. The zero-order chi connectivity index (χ0) is 16.3. The average molecular weight is 302 g/mol. The van der Waals surface area contributed by atoms with E-state index in [1.54, 1.807) is 19.1 Å². The predicted molar refractivity (Wildman–Crippen MR) is 85.2 cm³/mol. The summed E-state index contributed by atoms with van der Waals surface area (Å²) < 4.78 is 6.91. The molecule has 2 rings (SSSR count). The molecular formula is C17H22N2O3. The summed E-state index contributed by atoms with van der Waals surface area (Å²) >= 11 is 0. The highest BCUT2D eigenvalue weighted by Gasteiger charge is 2.19. The molecule has 1 unspecified atom stereocenters. The van der Waals surface area contributed by atoms with Gasteiger partial charge in [0.05, 0.1) is 12.3 Å². The van der Waals surface area contributed by atoms with E-state index in [-0.39, 0.29) is 5.75 Å². The number of rotatable bonds is 5. The lowest BCUT2D eigenvalue weighted by atomic mass is 10.1. The van der Waals surface area contributed by atoms with E-state index in [1.165, 1.54) is 0 Å². The number of aryl methyl sites for hydroxylation is 1. The van der Waals surface area contributed by atoms with Crippen molar-refractivity contribution in [1.82, 2.24) is 4.57 Å². The number of aromatic nitrogens is 1. The van der Waals surface area contributed by atoms with Gasteiger partial charge in [0.25, 0.3) is 0 Å². The summed E-state index contributed by atoms with van der Waals surface area (Å²) in [6.45, 7) is 5.99. The normalized spacial score (nSPS) is 12.2. The Morgan fingerprint density at radius 2 is 2.05 bits per heavy atom. The Kier molecular flexibility index (Phi) is 4.88. The van der Waals surface area contributed by atoms with Crippen LogP contribution >= 0.6 is 0 Å². The van der Waals surface area contributed by atoms with Gasteiger partial charge in [-0.05, 0) is 44.5 Å². The molecule has 2 aromatic rings. The van der Waals surface area contributed by atoms with Gasteiger partial charge in [-0.15, -0.1) is 0 Å². The van der Waals surface area contributed by atoms with Crippen molar-refractivity contribution in [2.45, 2.75) is 33.2 Å². The van der Waals surface area contributed by atoms with Gasteiger partial charge in [-0.3, -0.25) is 4.79 Å². The van der Waals surface area contributed by atoms with E-state index in [0.717, 1.165) is 17.0 Å². The fraction of sp³-hybridized carbons (Fsp3) is 0.353.